The molecule has 2 fully saturated rings. The van der Waals surface area contributed by atoms with Crippen molar-refractivity contribution >= 4 is 33.4 Å². The van der Waals surface area contributed by atoms with Gasteiger partial charge in [0.2, 0.25) is 11.8 Å². The van der Waals surface area contributed by atoms with Crippen LogP contribution in [-0.2, 0) is 25.6 Å². The van der Waals surface area contributed by atoms with Crippen LogP contribution < -0.4 is 10.2 Å². The number of nitrogens with one attached hydrogen (secondary N) is 1. The minimum Gasteiger partial charge on any atom is -0.369 e. The van der Waals surface area contributed by atoms with Gasteiger partial charge < -0.3 is 14.7 Å². The van der Waals surface area contributed by atoms with E-state index < -0.39 is 74.0 Å². The van der Waals surface area contributed by atoms with E-state index >= 15 is 0 Å². The molecule has 0 saturated carbocycles. The van der Waals surface area contributed by atoms with Gasteiger partial charge >= 0.3 is 12.2 Å². The maximum atomic E-state index is 14.5. The van der Waals surface area contributed by atoms with Crippen molar-refractivity contribution in [1.82, 2.24) is 15.0 Å². The maximum absolute atomic E-state index is 14.5. The van der Waals surface area contributed by atoms with E-state index in [1.807, 2.05) is 0 Å². The molecule has 2 atom stereocenters. The average molecular weight is 537 g/mol. The van der Waals surface area contributed by atoms with Crippen LogP contribution >= 0.6 is 0 Å². The number of hydrogen-bond donors (Lipinski definition) is 1. The highest BCUT2D eigenvalue weighted by Gasteiger charge is 2.41. The molecule has 2 aliphatic rings. The molecule has 0 spiro atoms. The van der Waals surface area contributed by atoms with Crippen LogP contribution in [0.1, 0.15) is 31.5 Å². The lowest BCUT2D eigenvalue weighted by Crippen LogP contribution is -2.56. The lowest BCUT2D eigenvalue weighted by atomic mass is 9.96. The van der Waals surface area contributed by atoms with E-state index in [2.05, 4.69) is 20.0 Å². The van der Waals surface area contributed by atoms with Crippen LogP contribution in [0.4, 0.5) is 33.7 Å². The Hall–Kier alpha value is -3.30. The number of nitrogens with zero attached hydrogens (tertiary/aromatic N) is 4. The van der Waals surface area contributed by atoms with E-state index in [1.165, 1.54) is 4.90 Å². The number of halogens is 5. The number of amides is 2. The number of piperidine rings is 2. The van der Waals surface area contributed by atoms with Crippen molar-refractivity contribution in [3.8, 4) is 0 Å². The SMILES string of the molecule is CS(=O)(=O)c1cc(F)c(NC2CCCN(C3CCN(c4nc(C(F)(F)F)no4)C(=O)C3)C2=O)c(F)c1. The summed E-state index contributed by atoms with van der Waals surface area (Å²) in [7, 11) is -3.86. The van der Waals surface area contributed by atoms with Gasteiger partial charge in [-0.25, -0.2) is 17.2 Å². The van der Waals surface area contributed by atoms with Gasteiger partial charge in [-0.05, 0) is 36.6 Å². The molecule has 2 saturated heterocycles. The first-order valence-corrected chi connectivity index (χ1v) is 12.6. The Morgan fingerprint density at radius 3 is 2.33 bits per heavy atom. The maximum Gasteiger partial charge on any atom is 0.455 e. The monoisotopic (exact) mass is 537 g/mol. The molecule has 0 radical (unpaired) electrons. The molecule has 0 bridgehead atoms. The summed E-state index contributed by atoms with van der Waals surface area (Å²) >= 11 is 0. The van der Waals surface area contributed by atoms with E-state index in [0.29, 0.717) is 18.6 Å². The molecule has 1 N–H and O–H groups in total. The van der Waals surface area contributed by atoms with Crippen molar-refractivity contribution in [2.75, 3.05) is 29.6 Å². The molecule has 2 aliphatic heterocycles. The van der Waals surface area contributed by atoms with Crippen molar-refractivity contribution < 1.29 is 44.5 Å². The first kappa shape index (κ1) is 25.8. The molecular weight excluding hydrogens is 517 g/mol. The van der Waals surface area contributed by atoms with E-state index in [9.17, 15) is 40.0 Å². The summed E-state index contributed by atoms with van der Waals surface area (Å²) in [6.07, 6.45) is -3.39. The summed E-state index contributed by atoms with van der Waals surface area (Å²) in [6, 6.07) is -0.925. The van der Waals surface area contributed by atoms with Crippen LogP contribution in [0.5, 0.6) is 0 Å². The zero-order valence-corrected chi connectivity index (χ0v) is 19.5. The second kappa shape index (κ2) is 9.29. The minimum absolute atomic E-state index is 0.0823. The molecule has 196 valence electrons. The molecule has 1 aromatic heterocycles. The molecule has 2 amide bonds. The van der Waals surface area contributed by atoms with Crippen molar-refractivity contribution in [1.29, 1.82) is 0 Å². The zero-order valence-electron chi connectivity index (χ0n) is 18.7. The van der Waals surface area contributed by atoms with Gasteiger partial charge in [0.1, 0.15) is 11.7 Å². The predicted molar refractivity (Wildman–Crippen MR) is 113 cm³/mol. The molecule has 36 heavy (non-hydrogen) atoms. The van der Waals surface area contributed by atoms with Crippen LogP contribution in [0.2, 0.25) is 0 Å². The van der Waals surface area contributed by atoms with E-state index in [0.717, 1.165) is 11.2 Å². The Bertz CT molecular complexity index is 1280. The van der Waals surface area contributed by atoms with Crippen LogP contribution in [0.3, 0.4) is 0 Å². The molecule has 4 rings (SSSR count). The number of carbonyl (C=O) groups excluding carboxylic acids is 2. The van der Waals surface area contributed by atoms with E-state index in [4.69, 9.17) is 0 Å². The molecule has 2 unspecified atom stereocenters. The normalized spacial score (nSPS) is 21.7. The Morgan fingerprint density at radius 1 is 1.11 bits per heavy atom. The van der Waals surface area contributed by atoms with Gasteiger partial charge in [-0.1, -0.05) is 0 Å². The summed E-state index contributed by atoms with van der Waals surface area (Å²) in [4.78, 5) is 30.7. The summed E-state index contributed by atoms with van der Waals surface area (Å²) in [5, 5.41) is 5.33. The zero-order chi connectivity index (χ0) is 26.4. The van der Waals surface area contributed by atoms with Crippen LogP contribution in [0, 0.1) is 11.6 Å². The summed E-state index contributed by atoms with van der Waals surface area (Å²) in [5.74, 6) is -5.02. The molecule has 16 heteroatoms. The number of alkyl halides is 3. The van der Waals surface area contributed by atoms with Gasteiger partial charge in [-0.2, -0.15) is 18.2 Å². The van der Waals surface area contributed by atoms with E-state index in [1.54, 1.807) is 0 Å². The van der Waals surface area contributed by atoms with Gasteiger partial charge in [-0.3, -0.25) is 14.5 Å². The first-order chi connectivity index (χ1) is 16.8. The first-order valence-electron chi connectivity index (χ1n) is 10.7. The number of anilines is 2. The quantitative estimate of drug-likeness (QED) is 0.577. The van der Waals surface area contributed by atoms with Gasteiger partial charge in [0.15, 0.2) is 21.5 Å². The van der Waals surface area contributed by atoms with E-state index in [-0.39, 0.29) is 32.4 Å². The predicted octanol–water partition coefficient (Wildman–Crippen LogP) is 2.37. The number of rotatable bonds is 5. The molecular formula is C20H20F5N5O5S. The van der Waals surface area contributed by atoms with Crippen molar-refractivity contribution in [3.63, 3.8) is 0 Å². The van der Waals surface area contributed by atoms with Crippen LogP contribution in [0.15, 0.2) is 21.6 Å². The molecule has 3 heterocycles. The lowest BCUT2D eigenvalue weighted by molar-refractivity contribution is -0.146. The summed E-state index contributed by atoms with van der Waals surface area (Å²) in [6.45, 7) is 0.187. The molecule has 2 aromatic rings. The average Bonchev–Trinajstić information content (AvgIpc) is 3.27. The second-order valence-corrected chi connectivity index (χ2v) is 10.5. The topological polar surface area (TPSA) is 126 Å². The third-order valence-electron chi connectivity index (χ3n) is 5.97. The smallest absolute Gasteiger partial charge is 0.369 e. The highest BCUT2D eigenvalue weighted by molar-refractivity contribution is 7.90. The largest absolute Gasteiger partial charge is 0.455 e. The molecule has 10 nitrogen and oxygen atoms in total. The van der Waals surface area contributed by atoms with Gasteiger partial charge in [0, 0.05) is 31.8 Å². The highest BCUT2D eigenvalue weighted by Crippen LogP contribution is 2.31. The van der Waals surface area contributed by atoms with Gasteiger partial charge in [-0.15, -0.1) is 0 Å². The van der Waals surface area contributed by atoms with Gasteiger partial charge in [0.25, 0.3) is 5.82 Å². The number of benzene rings is 1. The fourth-order valence-corrected chi connectivity index (χ4v) is 4.83. The minimum atomic E-state index is -4.84. The number of aromatic nitrogens is 2. The summed E-state index contributed by atoms with van der Waals surface area (Å²) < 4.78 is 94.8. The fourth-order valence-electron chi connectivity index (χ4n) is 4.20. The van der Waals surface area contributed by atoms with Crippen LogP contribution in [-0.4, -0.2) is 66.7 Å². The Kier molecular flexibility index (Phi) is 6.66. The fraction of sp³-hybridized carbons (Fsp3) is 0.500. The van der Waals surface area contributed by atoms with Gasteiger partial charge in [0.05, 0.1) is 4.90 Å². The standard InChI is InChI=1S/C20H20F5N5O5S/c1-36(33,34)11-8-12(21)16(13(22)9-11)26-14-3-2-5-29(17(14)32)10-4-6-30(15(31)7-10)19-27-18(28-35-19)20(23,24)25/h8-10,14,26H,2-7H2,1H3. The third-order valence-corrected chi connectivity index (χ3v) is 7.07. The van der Waals surface area contributed by atoms with Crippen LogP contribution in [0.25, 0.3) is 0 Å². The Labute approximate surface area is 201 Å². The summed E-state index contributed by atoms with van der Waals surface area (Å²) in [5.41, 5.74) is -0.648. The Morgan fingerprint density at radius 2 is 1.78 bits per heavy atom. The number of sulfone groups is 1. The van der Waals surface area contributed by atoms with Crippen molar-refractivity contribution in [2.45, 2.75) is 48.8 Å². The second-order valence-electron chi connectivity index (χ2n) is 8.50. The number of likely N-dealkylation sites (tertiary alicyclic amines) is 1. The molecule has 1 aromatic carbocycles. The highest BCUT2D eigenvalue weighted by atomic mass is 32.2. The Balaban J connectivity index is 1.45. The number of hydrogen-bond acceptors (Lipinski definition) is 8. The lowest BCUT2D eigenvalue weighted by Gasteiger charge is -2.41. The van der Waals surface area contributed by atoms with Crippen molar-refractivity contribution in [3.05, 3.63) is 29.6 Å². The van der Waals surface area contributed by atoms with Crippen molar-refractivity contribution in [2.24, 2.45) is 0 Å². The number of carbonyl (C=O) groups is 2. The molecule has 0 aliphatic carbocycles. The third kappa shape index (κ3) is 5.12.